The molecule has 0 saturated heterocycles. The third-order valence-electron chi connectivity index (χ3n) is 5.41. The topological polar surface area (TPSA) is 0 Å². The fourth-order valence-corrected chi connectivity index (χ4v) is 11.7. The predicted molar refractivity (Wildman–Crippen MR) is 120 cm³/mol. The first-order valence-electron chi connectivity index (χ1n) is 11.0. The molecule has 0 nitrogen and oxygen atoms in total. The highest BCUT2D eigenvalue weighted by Crippen LogP contribution is 2.42. The summed E-state index contributed by atoms with van der Waals surface area (Å²) in [5.74, 6) is 2.45. The molecule has 0 rings (SSSR count). The Morgan fingerprint density at radius 1 is 0.480 bits per heavy atom. The Hall–Kier alpha value is 0.532. The molecule has 0 radical (unpaired) electrons. The molecule has 1 heteroatoms. The van der Waals surface area contributed by atoms with Gasteiger partial charge in [0.25, 0.3) is 14.1 Å². The van der Waals surface area contributed by atoms with Crippen molar-refractivity contribution in [3.05, 3.63) is 0 Å². The van der Waals surface area contributed by atoms with Crippen LogP contribution in [0.1, 0.15) is 102 Å². The maximum absolute atomic E-state index is 2.54. The van der Waals surface area contributed by atoms with Gasteiger partial charge in [0, 0.05) is 0 Å². The summed E-state index contributed by atoms with van der Waals surface area (Å²) in [7, 11) is 0. The fraction of sp³-hybridized carbons (Fsp3) is 1.00. The van der Waals surface area contributed by atoms with Gasteiger partial charge in [-0.05, 0) is 53.3 Å². The molecule has 25 heavy (non-hydrogen) atoms. The lowest BCUT2D eigenvalue weighted by atomic mass is 9.85. The van der Waals surface area contributed by atoms with Crippen LogP contribution in [-0.2, 0) is 0 Å². The Labute approximate surface area is 166 Å². The molecule has 150 valence electrons. The second-order valence-corrected chi connectivity index (χ2v) is 15.7. The molecule has 0 amide bonds. The zero-order valence-electron chi connectivity index (χ0n) is 20.1. The Morgan fingerprint density at radius 2 is 0.680 bits per heavy atom. The normalized spacial score (nSPS) is 14.0. The van der Waals surface area contributed by atoms with E-state index >= 15 is 0 Å². The third-order valence-corrected chi connectivity index (χ3v) is 10.5. The molecule has 0 bridgehead atoms. The largest absolute Gasteiger partial charge is 0.263 e. The summed E-state index contributed by atoms with van der Waals surface area (Å²) in [5.41, 5.74) is 1.56. The number of hydrogen-bond acceptors (Lipinski definition) is 0. The summed E-state index contributed by atoms with van der Waals surface area (Å²) in [6.07, 6.45) is 4.14. The van der Waals surface area contributed by atoms with Crippen LogP contribution >= 0.6 is 0 Å². The third kappa shape index (κ3) is 13.4. The minimum absolute atomic E-state index is 0.521. The predicted octanol–water partition coefficient (Wildman–Crippen LogP) is 8.70. The monoisotopic (exact) mass is 366 g/mol. The molecular formula is C24H51Al. The van der Waals surface area contributed by atoms with Crippen molar-refractivity contribution in [3.63, 3.8) is 0 Å². The molecule has 0 aliphatic rings. The summed E-state index contributed by atoms with van der Waals surface area (Å²) in [4.78, 5) is 0. The zero-order valence-corrected chi connectivity index (χ0v) is 21.2. The summed E-state index contributed by atoms with van der Waals surface area (Å²) in [5, 5.41) is 4.57. The molecule has 0 aliphatic carbocycles. The van der Waals surface area contributed by atoms with E-state index in [4.69, 9.17) is 0 Å². The van der Waals surface area contributed by atoms with Crippen molar-refractivity contribution in [1.82, 2.24) is 0 Å². The summed E-state index contributed by atoms with van der Waals surface area (Å²) in [6.45, 7) is 29.6. The minimum atomic E-state index is -0.785. The van der Waals surface area contributed by atoms with E-state index in [0.29, 0.717) is 16.2 Å². The van der Waals surface area contributed by atoms with Gasteiger partial charge in [-0.25, -0.2) is 0 Å². The highest BCUT2D eigenvalue weighted by molar-refractivity contribution is 6.59. The van der Waals surface area contributed by atoms with Crippen LogP contribution in [0.5, 0.6) is 0 Å². The van der Waals surface area contributed by atoms with Gasteiger partial charge in [-0.1, -0.05) is 98.9 Å². The molecular weight excluding hydrogens is 315 g/mol. The van der Waals surface area contributed by atoms with Crippen LogP contribution in [0, 0.1) is 34.0 Å². The molecule has 0 aromatic heterocycles. The van der Waals surface area contributed by atoms with Gasteiger partial charge in [-0.15, -0.1) is 0 Å². The first kappa shape index (κ1) is 25.5. The summed E-state index contributed by atoms with van der Waals surface area (Å²) < 4.78 is 0. The lowest BCUT2D eigenvalue weighted by Gasteiger charge is -2.38. The minimum Gasteiger partial charge on any atom is -0.0887 e. The van der Waals surface area contributed by atoms with E-state index in [1.807, 2.05) is 0 Å². The Kier molecular flexibility index (Phi) is 10.4. The lowest BCUT2D eigenvalue weighted by molar-refractivity contribution is 0.288. The van der Waals surface area contributed by atoms with Gasteiger partial charge < -0.3 is 0 Å². The van der Waals surface area contributed by atoms with Crippen molar-refractivity contribution in [2.75, 3.05) is 0 Å². The molecule has 0 atom stereocenters. The van der Waals surface area contributed by atoms with Crippen LogP contribution in [0.2, 0.25) is 15.8 Å². The standard InChI is InChI=1S/3C8H17.Al/c3*1-7(2)6-8(3,4)5;/h3*7H,3,6H2,1-2,4-5H3;. The second-order valence-electron chi connectivity index (χ2n) is 12.8. The van der Waals surface area contributed by atoms with E-state index in [1.54, 1.807) is 0 Å². The van der Waals surface area contributed by atoms with Crippen LogP contribution in [-0.4, -0.2) is 14.1 Å². The van der Waals surface area contributed by atoms with Crippen molar-refractivity contribution in [2.24, 2.45) is 34.0 Å². The second kappa shape index (κ2) is 10.2. The highest BCUT2D eigenvalue weighted by atomic mass is 27.2. The van der Waals surface area contributed by atoms with Gasteiger partial charge in [0.2, 0.25) is 0 Å². The van der Waals surface area contributed by atoms with Crippen molar-refractivity contribution in [2.45, 2.75) is 118 Å². The molecule has 0 saturated carbocycles. The SMILES string of the molecule is CC(C)CC(C)(C)[CH2][Al]([CH2]C(C)(C)CC(C)C)[CH2]C(C)(C)CC(C)C. The summed E-state index contributed by atoms with van der Waals surface area (Å²) in [6, 6.07) is 0. The van der Waals surface area contributed by atoms with E-state index in [0.717, 1.165) is 17.8 Å². The van der Waals surface area contributed by atoms with E-state index in [2.05, 4.69) is 83.1 Å². The van der Waals surface area contributed by atoms with Crippen LogP contribution in [0.15, 0.2) is 0 Å². The van der Waals surface area contributed by atoms with E-state index in [-0.39, 0.29) is 0 Å². The smallest absolute Gasteiger partial charge is 0.0887 e. The van der Waals surface area contributed by atoms with E-state index in [1.165, 1.54) is 35.1 Å². The van der Waals surface area contributed by atoms with Crippen LogP contribution in [0.4, 0.5) is 0 Å². The Morgan fingerprint density at radius 3 is 0.840 bits per heavy atom. The molecule has 0 unspecified atom stereocenters. The number of hydrogen-bond donors (Lipinski definition) is 0. The van der Waals surface area contributed by atoms with Crippen LogP contribution in [0.25, 0.3) is 0 Å². The van der Waals surface area contributed by atoms with Crippen LogP contribution < -0.4 is 0 Å². The summed E-state index contributed by atoms with van der Waals surface area (Å²) >= 11 is -0.785. The molecule has 0 N–H and O–H groups in total. The first-order chi connectivity index (χ1) is 11.0. The molecule has 0 aliphatic heterocycles. The molecule has 0 fully saturated rings. The average Bonchev–Trinajstić information content (AvgIpc) is 2.18. The molecule has 0 spiro atoms. The highest BCUT2D eigenvalue weighted by Gasteiger charge is 2.36. The molecule has 0 aromatic rings. The Bertz CT molecular complexity index is 303. The fourth-order valence-electron chi connectivity index (χ4n) is 6.13. The first-order valence-corrected chi connectivity index (χ1v) is 13.5. The van der Waals surface area contributed by atoms with Gasteiger partial charge in [0.1, 0.15) is 0 Å². The van der Waals surface area contributed by atoms with Gasteiger partial charge in [-0.2, -0.15) is 0 Å². The van der Waals surface area contributed by atoms with Gasteiger partial charge in [-0.3, -0.25) is 0 Å². The number of rotatable bonds is 12. The quantitative estimate of drug-likeness (QED) is 0.303. The Balaban J connectivity index is 5.23. The van der Waals surface area contributed by atoms with E-state index in [9.17, 15) is 0 Å². The maximum Gasteiger partial charge on any atom is 0.263 e. The zero-order chi connectivity index (χ0) is 20.1. The van der Waals surface area contributed by atoms with Gasteiger partial charge in [0.15, 0.2) is 0 Å². The van der Waals surface area contributed by atoms with Gasteiger partial charge in [0.05, 0.1) is 0 Å². The van der Waals surface area contributed by atoms with Crippen molar-refractivity contribution in [1.29, 1.82) is 0 Å². The van der Waals surface area contributed by atoms with Gasteiger partial charge >= 0.3 is 0 Å². The van der Waals surface area contributed by atoms with Crippen molar-refractivity contribution < 1.29 is 0 Å². The lowest BCUT2D eigenvalue weighted by Crippen LogP contribution is -2.33. The molecule has 0 aromatic carbocycles. The average molecular weight is 367 g/mol. The molecule has 0 heterocycles. The maximum atomic E-state index is 2.54. The van der Waals surface area contributed by atoms with Crippen LogP contribution in [0.3, 0.4) is 0 Å². The van der Waals surface area contributed by atoms with Crippen molar-refractivity contribution in [3.8, 4) is 0 Å². The van der Waals surface area contributed by atoms with E-state index < -0.39 is 14.1 Å². The van der Waals surface area contributed by atoms with Crippen molar-refractivity contribution >= 4 is 14.1 Å².